The lowest BCUT2D eigenvalue weighted by Crippen LogP contribution is -2.20. The van der Waals surface area contributed by atoms with E-state index in [9.17, 15) is 4.79 Å². The summed E-state index contributed by atoms with van der Waals surface area (Å²) in [4.78, 5) is 13.0. The highest BCUT2D eigenvalue weighted by atomic mass is 79.9. The van der Waals surface area contributed by atoms with Gasteiger partial charge in [-0.15, -0.1) is 0 Å². The number of ketones is 1. The maximum absolute atomic E-state index is 10.9. The normalized spacial score (nSPS) is 10.1. The molecule has 0 amide bonds. The molecule has 1 aromatic rings. The van der Waals surface area contributed by atoms with Crippen molar-refractivity contribution in [3.05, 3.63) is 28.2 Å². The maximum atomic E-state index is 10.9. The largest absolute Gasteiger partial charge is 0.373 e. The van der Waals surface area contributed by atoms with Gasteiger partial charge in [-0.3, -0.25) is 4.79 Å². The number of anilines is 1. The van der Waals surface area contributed by atoms with E-state index in [1.807, 2.05) is 7.05 Å². The number of carbonyl (C=O) groups is 1. The Labute approximate surface area is 99.4 Å². The molecule has 0 atom stereocenters. The van der Waals surface area contributed by atoms with E-state index in [1.165, 1.54) is 5.56 Å². The van der Waals surface area contributed by atoms with Crippen LogP contribution in [-0.2, 0) is 4.79 Å². The number of hydrogen-bond acceptors (Lipinski definition) is 2. The second-order valence-electron chi connectivity index (χ2n) is 3.83. The van der Waals surface area contributed by atoms with E-state index in [0.717, 1.165) is 16.7 Å². The Bertz CT molecular complexity index is 363. The summed E-state index contributed by atoms with van der Waals surface area (Å²) in [7, 11) is 2.00. The first-order valence-electron chi connectivity index (χ1n) is 4.97. The predicted octanol–water partition coefficient (Wildman–Crippen LogP) is 3.17. The Balaban J connectivity index is 2.73. The molecule has 0 spiro atoms. The lowest BCUT2D eigenvalue weighted by atomic mass is 10.2. The van der Waals surface area contributed by atoms with Crippen LogP contribution in [0.15, 0.2) is 22.7 Å². The van der Waals surface area contributed by atoms with E-state index in [4.69, 9.17) is 0 Å². The van der Waals surface area contributed by atoms with Crippen molar-refractivity contribution in [2.75, 3.05) is 18.5 Å². The third kappa shape index (κ3) is 3.67. The van der Waals surface area contributed by atoms with Gasteiger partial charge in [0.15, 0.2) is 0 Å². The molecule has 2 nitrogen and oxygen atoms in total. The third-order valence-electron chi connectivity index (χ3n) is 2.31. The summed E-state index contributed by atoms with van der Waals surface area (Å²) in [5.41, 5.74) is 2.35. The lowest BCUT2D eigenvalue weighted by Gasteiger charge is -2.20. The number of nitrogens with zero attached hydrogens (tertiary/aromatic N) is 1. The zero-order valence-electron chi connectivity index (χ0n) is 9.38. The standard InChI is InChI=1S/C12H16BrNO/c1-9-4-5-12(11(13)8-9)14(3)7-6-10(2)15/h4-5,8H,6-7H2,1-3H3. The van der Waals surface area contributed by atoms with E-state index in [0.29, 0.717) is 6.42 Å². The predicted molar refractivity (Wildman–Crippen MR) is 67.4 cm³/mol. The minimum atomic E-state index is 0.227. The number of carbonyl (C=O) groups excluding carboxylic acids is 1. The number of halogens is 1. The summed E-state index contributed by atoms with van der Waals surface area (Å²) < 4.78 is 1.08. The smallest absolute Gasteiger partial charge is 0.131 e. The Morgan fingerprint density at radius 1 is 1.47 bits per heavy atom. The van der Waals surface area contributed by atoms with Crippen LogP contribution in [-0.4, -0.2) is 19.4 Å². The average Bonchev–Trinajstić information content (AvgIpc) is 2.14. The maximum Gasteiger partial charge on any atom is 0.131 e. The summed E-state index contributed by atoms with van der Waals surface area (Å²) in [6, 6.07) is 6.23. The molecule has 3 heteroatoms. The lowest BCUT2D eigenvalue weighted by molar-refractivity contribution is -0.116. The van der Waals surface area contributed by atoms with E-state index >= 15 is 0 Å². The fraction of sp³-hybridized carbons (Fsp3) is 0.417. The van der Waals surface area contributed by atoms with Crippen LogP contribution < -0.4 is 4.90 Å². The summed E-state index contributed by atoms with van der Waals surface area (Å²) in [6.07, 6.45) is 0.594. The minimum absolute atomic E-state index is 0.227. The van der Waals surface area contributed by atoms with E-state index in [1.54, 1.807) is 6.92 Å². The average molecular weight is 270 g/mol. The second-order valence-corrected chi connectivity index (χ2v) is 4.68. The molecule has 0 heterocycles. The van der Waals surface area contributed by atoms with Crippen molar-refractivity contribution in [3.8, 4) is 0 Å². The SMILES string of the molecule is CC(=O)CCN(C)c1ccc(C)cc1Br. The van der Waals surface area contributed by atoms with Gasteiger partial charge in [0.25, 0.3) is 0 Å². The van der Waals surface area contributed by atoms with Crippen LogP contribution in [0.4, 0.5) is 5.69 Å². The van der Waals surface area contributed by atoms with Crippen molar-refractivity contribution in [1.29, 1.82) is 0 Å². The minimum Gasteiger partial charge on any atom is -0.373 e. The van der Waals surface area contributed by atoms with Gasteiger partial charge in [0.2, 0.25) is 0 Å². The van der Waals surface area contributed by atoms with Gasteiger partial charge >= 0.3 is 0 Å². The first-order valence-corrected chi connectivity index (χ1v) is 5.76. The Kier molecular flexibility index (Phi) is 4.33. The monoisotopic (exact) mass is 269 g/mol. The molecule has 0 aliphatic heterocycles. The molecule has 0 fully saturated rings. The summed E-state index contributed by atoms with van der Waals surface area (Å²) in [5, 5.41) is 0. The fourth-order valence-corrected chi connectivity index (χ4v) is 2.16. The van der Waals surface area contributed by atoms with Crippen LogP contribution in [0.2, 0.25) is 0 Å². The van der Waals surface area contributed by atoms with Crippen molar-refractivity contribution in [3.63, 3.8) is 0 Å². The summed E-state index contributed by atoms with van der Waals surface area (Å²) in [5.74, 6) is 0.227. The molecule has 0 aliphatic rings. The topological polar surface area (TPSA) is 20.3 Å². The van der Waals surface area contributed by atoms with Gasteiger partial charge < -0.3 is 4.90 Å². The molecule has 1 rings (SSSR count). The quantitative estimate of drug-likeness (QED) is 0.837. The molecule has 0 aromatic heterocycles. The zero-order valence-corrected chi connectivity index (χ0v) is 11.0. The Hall–Kier alpha value is -0.830. The van der Waals surface area contributed by atoms with Gasteiger partial charge in [-0.2, -0.15) is 0 Å². The molecule has 0 aliphatic carbocycles. The van der Waals surface area contributed by atoms with Crippen LogP contribution in [0.5, 0.6) is 0 Å². The molecule has 0 bridgehead atoms. The number of rotatable bonds is 4. The van der Waals surface area contributed by atoms with Crippen LogP contribution in [0.25, 0.3) is 0 Å². The Morgan fingerprint density at radius 3 is 2.67 bits per heavy atom. The Morgan fingerprint density at radius 2 is 2.13 bits per heavy atom. The van der Waals surface area contributed by atoms with Crippen LogP contribution in [0.1, 0.15) is 18.9 Å². The molecule has 0 unspecified atom stereocenters. The molecule has 0 saturated carbocycles. The van der Waals surface area contributed by atoms with E-state index in [2.05, 4.69) is 46.0 Å². The highest BCUT2D eigenvalue weighted by Gasteiger charge is 2.06. The zero-order chi connectivity index (χ0) is 11.4. The molecule has 0 radical (unpaired) electrons. The first kappa shape index (κ1) is 12.2. The van der Waals surface area contributed by atoms with Crippen LogP contribution in [0, 0.1) is 6.92 Å². The summed E-state index contributed by atoms with van der Waals surface area (Å²) in [6.45, 7) is 4.44. The highest BCUT2D eigenvalue weighted by Crippen LogP contribution is 2.26. The number of aryl methyl sites for hydroxylation is 1. The van der Waals surface area contributed by atoms with Crippen molar-refractivity contribution in [2.45, 2.75) is 20.3 Å². The highest BCUT2D eigenvalue weighted by molar-refractivity contribution is 9.10. The van der Waals surface area contributed by atoms with Crippen LogP contribution in [0.3, 0.4) is 0 Å². The van der Waals surface area contributed by atoms with Crippen LogP contribution >= 0.6 is 15.9 Å². The molecule has 0 saturated heterocycles. The fourth-order valence-electron chi connectivity index (χ4n) is 1.37. The van der Waals surface area contributed by atoms with Gasteiger partial charge in [0.1, 0.15) is 5.78 Å². The molecular formula is C12H16BrNO. The molecule has 1 aromatic carbocycles. The number of Topliss-reactive ketones (excluding diaryl/α,β-unsaturated/α-hetero) is 1. The van der Waals surface area contributed by atoms with Crippen molar-refractivity contribution < 1.29 is 4.79 Å². The second kappa shape index (κ2) is 5.31. The van der Waals surface area contributed by atoms with Gasteiger partial charge in [0, 0.05) is 24.5 Å². The van der Waals surface area contributed by atoms with Gasteiger partial charge in [-0.1, -0.05) is 6.07 Å². The van der Waals surface area contributed by atoms with Gasteiger partial charge in [-0.05, 0) is 47.5 Å². The van der Waals surface area contributed by atoms with E-state index in [-0.39, 0.29) is 5.78 Å². The third-order valence-corrected chi connectivity index (χ3v) is 2.95. The van der Waals surface area contributed by atoms with Crippen molar-refractivity contribution in [2.24, 2.45) is 0 Å². The molecule has 15 heavy (non-hydrogen) atoms. The molecule has 82 valence electrons. The van der Waals surface area contributed by atoms with Gasteiger partial charge in [-0.25, -0.2) is 0 Å². The first-order chi connectivity index (χ1) is 7.00. The summed E-state index contributed by atoms with van der Waals surface area (Å²) >= 11 is 3.53. The molecule has 0 N–H and O–H groups in total. The number of hydrogen-bond donors (Lipinski definition) is 0. The molecular weight excluding hydrogens is 254 g/mol. The van der Waals surface area contributed by atoms with E-state index < -0.39 is 0 Å². The number of benzene rings is 1. The van der Waals surface area contributed by atoms with Crippen molar-refractivity contribution >= 4 is 27.4 Å². The van der Waals surface area contributed by atoms with Crippen molar-refractivity contribution in [1.82, 2.24) is 0 Å². The van der Waals surface area contributed by atoms with Gasteiger partial charge in [0.05, 0.1) is 5.69 Å².